The van der Waals surface area contributed by atoms with Crippen LogP contribution < -0.4 is 0 Å². The maximum atomic E-state index is 12.0. The zero-order valence-corrected chi connectivity index (χ0v) is 10.0. The molecule has 0 fully saturated rings. The summed E-state index contributed by atoms with van der Waals surface area (Å²) in [4.78, 5) is 31.7. The third-order valence-electron chi connectivity index (χ3n) is 2.60. The number of carbonyl (C=O) groups is 2. The molecule has 0 aliphatic rings. The van der Waals surface area contributed by atoms with Crippen LogP contribution in [-0.4, -0.2) is 44.4 Å². The molecule has 0 bridgehead atoms. The third-order valence-corrected chi connectivity index (χ3v) is 2.60. The molecule has 0 saturated heterocycles. The van der Waals surface area contributed by atoms with E-state index in [2.05, 4.69) is 9.97 Å². The number of nitrogens with zero attached hydrogens (tertiary/aromatic N) is 3. The van der Waals surface area contributed by atoms with Crippen LogP contribution >= 0.6 is 0 Å². The molecule has 0 aliphatic heterocycles. The number of aromatic nitrogens is 2. The van der Waals surface area contributed by atoms with Gasteiger partial charge in [0.15, 0.2) is 0 Å². The summed E-state index contributed by atoms with van der Waals surface area (Å²) in [6.45, 7) is 3.39. The van der Waals surface area contributed by atoms with Crippen LogP contribution in [0.3, 0.4) is 0 Å². The Morgan fingerprint density at radius 1 is 1.47 bits per heavy atom. The van der Waals surface area contributed by atoms with E-state index in [9.17, 15) is 9.59 Å². The van der Waals surface area contributed by atoms with E-state index in [1.807, 2.05) is 0 Å². The van der Waals surface area contributed by atoms with E-state index in [0.29, 0.717) is 0 Å². The average Bonchev–Trinajstić information content (AvgIpc) is 2.26. The van der Waals surface area contributed by atoms with Gasteiger partial charge in [-0.1, -0.05) is 0 Å². The summed E-state index contributed by atoms with van der Waals surface area (Å²) in [5.74, 6) is -1.27. The van der Waals surface area contributed by atoms with Crippen molar-refractivity contribution in [2.24, 2.45) is 0 Å². The Bertz CT molecular complexity index is 417. The maximum Gasteiger partial charge on any atom is 0.305 e. The molecule has 0 radical (unpaired) electrons. The molecule has 0 aliphatic carbocycles. The van der Waals surface area contributed by atoms with Crippen LogP contribution in [0.4, 0.5) is 0 Å². The lowest BCUT2D eigenvalue weighted by Crippen LogP contribution is -2.46. The fraction of sp³-hybridized carbons (Fsp3) is 0.455. The highest BCUT2D eigenvalue weighted by Gasteiger charge is 2.31. The highest BCUT2D eigenvalue weighted by atomic mass is 16.4. The van der Waals surface area contributed by atoms with Gasteiger partial charge >= 0.3 is 5.97 Å². The van der Waals surface area contributed by atoms with Crippen LogP contribution in [0.2, 0.25) is 0 Å². The lowest BCUT2D eigenvalue weighted by molar-refractivity contribution is -0.139. The average molecular weight is 237 g/mol. The zero-order chi connectivity index (χ0) is 13.1. The molecule has 1 aromatic rings. The smallest absolute Gasteiger partial charge is 0.305 e. The number of amides is 1. The van der Waals surface area contributed by atoms with Crippen molar-refractivity contribution in [2.75, 3.05) is 7.05 Å². The highest BCUT2D eigenvalue weighted by Crippen LogP contribution is 2.18. The molecule has 1 amide bonds. The van der Waals surface area contributed by atoms with Crippen LogP contribution in [0.5, 0.6) is 0 Å². The first-order valence-corrected chi connectivity index (χ1v) is 5.10. The first-order chi connectivity index (χ1) is 7.84. The van der Waals surface area contributed by atoms with Gasteiger partial charge in [-0.05, 0) is 19.9 Å². The van der Waals surface area contributed by atoms with Crippen molar-refractivity contribution in [3.8, 4) is 0 Å². The first kappa shape index (κ1) is 13.1. The van der Waals surface area contributed by atoms with E-state index in [1.54, 1.807) is 20.9 Å². The molecule has 0 saturated carbocycles. The molecule has 1 rings (SSSR count). The van der Waals surface area contributed by atoms with Crippen LogP contribution in [0.15, 0.2) is 18.6 Å². The second kappa shape index (κ2) is 4.90. The summed E-state index contributed by atoms with van der Waals surface area (Å²) < 4.78 is 0. The number of carboxylic acid groups (broad SMARTS) is 1. The van der Waals surface area contributed by atoms with Gasteiger partial charge in [0.05, 0.1) is 6.42 Å². The minimum Gasteiger partial charge on any atom is -0.481 e. The number of carbonyl (C=O) groups excluding carboxylic acids is 1. The Labute approximate surface area is 99.3 Å². The molecule has 1 N–H and O–H groups in total. The van der Waals surface area contributed by atoms with E-state index in [0.717, 1.165) is 0 Å². The van der Waals surface area contributed by atoms with Crippen molar-refractivity contribution >= 4 is 11.9 Å². The van der Waals surface area contributed by atoms with Crippen molar-refractivity contribution in [2.45, 2.75) is 25.8 Å². The van der Waals surface area contributed by atoms with E-state index in [1.165, 1.54) is 23.5 Å². The predicted octanol–water partition coefficient (Wildman–Crippen LogP) is 0.802. The summed E-state index contributed by atoms with van der Waals surface area (Å²) in [7, 11) is 1.56. The molecule has 0 unspecified atom stereocenters. The molecule has 6 nitrogen and oxygen atoms in total. The van der Waals surface area contributed by atoms with Gasteiger partial charge in [-0.2, -0.15) is 0 Å². The molecule has 1 aromatic heterocycles. The summed E-state index contributed by atoms with van der Waals surface area (Å²) >= 11 is 0. The van der Waals surface area contributed by atoms with Crippen LogP contribution in [0.1, 0.15) is 30.8 Å². The normalized spacial score (nSPS) is 11.0. The first-order valence-electron chi connectivity index (χ1n) is 5.10. The van der Waals surface area contributed by atoms with Gasteiger partial charge < -0.3 is 10.0 Å². The van der Waals surface area contributed by atoms with Crippen LogP contribution in [0, 0.1) is 0 Å². The van der Waals surface area contributed by atoms with Crippen molar-refractivity contribution < 1.29 is 14.7 Å². The van der Waals surface area contributed by atoms with E-state index in [-0.39, 0.29) is 18.0 Å². The Morgan fingerprint density at radius 3 is 2.59 bits per heavy atom. The van der Waals surface area contributed by atoms with Gasteiger partial charge in [0, 0.05) is 18.8 Å². The van der Waals surface area contributed by atoms with Crippen molar-refractivity contribution in [1.29, 1.82) is 0 Å². The summed E-state index contributed by atoms with van der Waals surface area (Å²) in [6, 6.07) is 1.50. The van der Waals surface area contributed by atoms with E-state index in [4.69, 9.17) is 5.11 Å². The monoisotopic (exact) mass is 237 g/mol. The van der Waals surface area contributed by atoms with Crippen LogP contribution in [-0.2, 0) is 4.79 Å². The lowest BCUT2D eigenvalue weighted by atomic mass is 9.98. The summed E-state index contributed by atoms with van der Waals surface area (Å²) in [5.41, 5.74) is -0.519. The summed E-state index contributed by atoms with van der Waals surface area (Å²) in [5, 5.41) is 8.79. The third kappa shape index (κ3) is 3.24. The standard InChI is InChI=1S/C11H15N3O3/c1-11(2,6-9(15)16)14(3)10(17)8-4-5-12-7-13-8/h4-5,7H,6H2,1-3H3,(H,15,16). The molecule has 0 spiro atoms. The van der Waals surface area contributed by atoms with Gasteiger partial charge in [0.25, 0.3) is 5.91 Å². The highest BCUT2D eigenvalue weighted by molar-refractivity contribution is 5.92. The molecule has 0 aromatic carbocycles. The second-order valence-corrected chi connectivity index (χ2v) is 4.34. The van der Waals surface area contributed by atoms with Crippen molar-refractivity contribution in [3.05, 3.63) is 24.3 Å². The van der Waals surface area contributed by atoms with Gasteiger partial charge in [-0.25, -0.2) is 9.97 Å². The van der Waals surface area contributed by atoms with Crippen molar-refractivity contribution in [1.82, 2.24) is 14.9 Å². The molecule has 17 heavy (non-hydrogen) atoms. The van der Waals surface area contributed by atoms with Gasteiger partial charge in [-0.3, -0.25) is 9.59 Å². The lowest BCUT2D eigenvalue weighted by Gasteiger charge is -2.34. The molecule has 6 heteroatoms. The predicted molar refractivity (Wildman–Crippen MR) is 60.5 cm³/mol. The molecular formula is C11H15N3O3. The van der Waals surface area contributed by atoms with E-state index >= 15 is 0 Å². The van der Waals surface area contributed by atoms with Gasteiger partial charge in [0.1, 0.15) is 12.0 Å². The number of carboxylic acids is 1. The largest absolute Gasteiger partial charge is 0.481 e. The minimum atomic E-state index is -0.947. The Hall–Kier alpha value is -1.98. The number of hydrogen-bond donors (Lipinski definition) is 1. The molecular weight excluding hydrogens is 222 g/mol. The second-order valence-electron chi connectivity index (χ2n) is 4.34. The SMILES string of the molecule is CN(C(=O)c1ccncn1)C(C)(C)CC(=O)O. The molecule has 92 valence electrons. The topological polar surface area (TPSA) is 83.4 Å². The Kier molecular flexibility index (Phi) is 3.77. The van der Waals surface area contributed by atoms with Gasteiger partial charge in [-0.15, -0.1) is 0 Å². The fourth-order valence-electron chi connectivity index (χ4n) is 1.35. The Balaban J connectivity index is 2.86. The number of aliphatic carboxylic acids is 1. The Morgan fingerprint density at radius 2 is 2.12 bits per heavy atom. The number of hydrogen-bond acceptors (Lipinski definition) is 4. The number of rotatable bonds is 4. The van der Waals surface area contributed by atoms with Gasteiger partial charge in [0.2, 0.25) is 0 Å². The fourth-order valence-corrected chi connectivity index (χ4v) is 1.35. The molecule has 0 atom stereocenters. The maximum absolute atomic E-state index is 12.0. The van der Waals surface area contributed by atoms with E-state index < -0.39 is 11.5 Å². The molecule has 1 heterocycles. The minimum absolute atomic E-state index is 0.125. The van der Waals surface area contributed by atoms with Crippen LogP contribution in [0.25, 0.3) is 0 Å². The van der Waals surface area contributed by atoms with Crippen molar-refractivity contribution in [3.63, 3.8) is 0 Å². The quantitative estimate of drug-likeness (QED) is 0.837. The zero-order valence-electron chi connectivity index (χ0n) is 10.0. The summed E-state index contributed by atoms with van der Waals surface area (Å²) in [6.07, 6.45) is 2.63.